The summed E-state index contributed by atoms with van der Waals surface area (Å²) < 4.78 is 30.1. The molecule has 0 aliphatic carbocycles. The van der Waals surface area contributed by atoms with Crippen LogP contribution in [0.3, 0.4) is 0 Å². The van der Waals surface area contributed by atoms with Crippen LogP contribution in [-0.4, -0.2) is 24.5 Å². The van der Waals surface area contributed by atoms with Gasteiger partial charge in [-0.3, -0.25) is 20.4 Å². The standard InChI is InChI=1S/C22H21FN2O5/c1-3-28-15-8-10-16(11-9-15)29-14(2)21(26)24-25-22(27)20-13-12-19(30-20)17-6-4-5-7-18(17)23/h4-14H,3H2,1-2H3,(H,24,26)(H,25,27)/t14-/m1/s1. The van der Waals surface area contributed by atoms with E-state index in [1.54, 1.807) is 43.3 Å². The maximum Gasteiger partial charge on any atom is 0.305 e. The van der Waals surface area contributed by atoms with Crippen LogP contribution in [0.4, 0.5) is 4.39 Å². The zero-order valence-electron chi connectivity index (χ0n) is 16.5. The van der Waals surface area contributed by atoms with Crippen molar-refractivity contribution in [3.63, 3.8) is 0 Å². The number of ether oxygens (including phenoxy) is 2. The van der Waals surface area contributed by atoms with Gasteiger partial charge in [0.1, 0.15) is 23.1 Å². The highest BCUT2D eigenvalue weighted by molar-refractivity contribution is 5.94. The molecule has 1 aromatic heterocycles. The summed E-state index contributed by atoms with van der Waals surface area (Å²) in [6.07, 6.45) is -0.867. The lowest BCUT2D eigenvalue weighted by Crippen LogP contribution is -2.47. The van der Waals surface area contributed by atoms with Gasteiger partial charge in [-0.15, -0.1) is 0 Å². The molecule has 0 saturated carbocycles. The minimum atomic E-state index is -0.867. The number of carbonyl (C=O) groups excluding carboxylic acids is 2. The number of halogens is 1. The molecule has 1 heterocycles. The molecule has 0 saturated heterocycles. The molecule has 7 nitrogen and oxygen atoms in total. The number of hydrogen-bond acceptors (Lipinski definition) is 5. The van der Waals surface area contributed by atoms with E-state index in [1.165, 1.54) is 24.3 Å². The van der Waals surface area contributed by atoms with E-state index in [0.29, 0.717) is 18.1 Å². The lowest BCUT2D eigenvalue weighted by Gasteiger charge is -2.15. The molecule has 0 bridgehead atoms. The van der Waals surface area contributed by atoms with Crippen molar-refractivity contribution in [1.29, 1.82) is 0 Å². The average Bonchev–Trinajstić information content (AvgIpc) is 3.23. The second-order valence-electron chi connectivity index (χ2n) is 6.25. The largest absolute Gasteiger partial charge is 0.494 e. The van der Waals surface area contributed by atoms with Crippen molar-refractivity contribution in [3.05, 3.63) is 72.2 Å². The Balaban J connectivity index is 1.53. The summed E-state index contributed by atoms with van der Waals surface area (Å²) in [5, 5.41) is 0. The molecule has 0 aliphatic heterocycles. The topological polar surface area (TPSA) is 89.8 Å². The SMILES string of the molecule is CCOc1ccc(O[C@H](C)C(=O)NNC(=O)c2ccc(-c3ccccc3F)o2)cc1. The van der Waals surface area contributed by atoms with Crippen LogP contribution in [0, 0.1) is 5.82 Å². The predicted molar refractivity (Wildman–Crippen MR) is 107 cm³/mol. The molecular formula is C22H21FN2O5. The van der Waals surface area contributed by atoms with Crippen molar-refractivity contribution >= 4 is 11.8 Å². The first-order valence-corrected chi connectivity index (χ1v) is 9.32. The summed E-state index contributed by atoms with van der Waals surface area (Å²) in [7, 11) is 0. The first-order chi connectivity index (χ1) is 14.5. The smallest absolute Gasteiger partial charge is 0.305 e. The zero-order valence-corrected chi connectivity index (χ0v) is 16.5. The van der Waals surface area contributed by atoms with Crippen LogP contribution >= 0.6 is 0 Å². The Kier molecular flexibility index (Phi) is 6.69. The highest BCUT2D eigenvalue weighted by atomic mass is 19.1. The van der Waals surface area contributed by atoms with E-state index in [1.807, 2.05) is 6.92 Å². The number of hydrogen-bond donors (Lipinski definition) is 2. The summed E-state index contributed by atoms with van der Waals surface area (Å²) in [5.74, 6) is -0.398. The molecule has 8 heteroatoms. The van der Waals surface area contributed by atoms with E-state index in [2.05, 4.69) is 10.9 Å². The third kappa shape index (κ3) is 5.16. The van der Waals surface area contributed by atoms with Crippen molar-refractivity contribution in [2.45, 2.75) is 20.0 Å². The number of amides is 2. The summed E-state index contributed by atoms with van der Waals surface area (Å²) in [6.45, 7) is 3.98. The molecule has 2 amide bonds. The molecular weight excluding hydrogens is 391 g/mol. The van der Waals surface area contributed by atoms with Crippen LogP contribution in [0.2, 0.25) is 0 Å². The second kappa shape index (κ2) is 9.60. The number of benzene rings is 2. The van der Waals surface area contributed by atoms with E-state index >= 15 is 0 Å². The Morgan fingerprint density at radius 3 is 2.40 bits per heavy atom. The van der Waals surface area contributed by atoms with E-state index < -0.39 is 23.7 Å². The Morgan fingerprint density at radius 1 is 1.00 bits per heavy atom. The van der Waals surface area contributed by atoms with E-state index in [0.717, 1.165) is 0 Å². The Hall–Kier alpha value is -3.81. The molecule has 0 spiro atoms. The van der Waals surface area contributed by atoms with E-state index in [-0.39, 0.29) is 17.1 Å². The highest BCUT2D eigenvalue weighted by Crippen LogP contribution is 2.24. The van der Waals surface area contributed by atoms with Gasteiger partial charge in [-0.1, -0.05) is 12.1 Å². The second-order valence-corrected chi connectivity index (χ2v) is 6.25. The molecule has 3 rings (SSSR count). The highest BCUT2D eigenvalue weighted by Gasteiger charge is 2.18. The van der Waals surface area contributed by atoms with E-state index in [9.17, 15) is 14.0 Å². The Morgan fingerprint density at radius 2 is 1.70 bits per heavy atom. The van der Waals surface area contributed by atoms with Gasteiger partial charge in [-0.2, -0.15) is 0 Å². The molecule has 3 aromatic rings. The fourth-order valence-corrected chi connectivity index (χ4v) is 2.59. The third-order valence-corrected chi connectivity index (χ3v) is 4.09. The van der Waals surface area contributed by atoms with Gasteiger partial charge < -0.3 is 13.9 Å². The lowest BCUT2D eigenvalue weighted by molar-refractivity contribution is -0.128. The fraction of sp³-hybridized carbons (Fsp3) is 0.182. The van der Waals surface area contributed by atoms with Crippen molar-refractivity contribution in [2.75, 3.05) is 6.61 Å². The molecule has 0 aliphatic rings. The van der Waals surface area contributed by atoms with E-state index in [4.69, 9.17) is 13.9 Å². The maximum atomic E-state index is 13.8. The van der Waals surface area contributed by atoms with Gasteiger partial charge in [-0.05, 0) is 62.4 Å². The van der Waals surface area contributed by atoms with Crippen molar-refractivity contribution in [3.8, 4) is 22.8 Å². The zero-order chi connectivity index (χ0) is 21.5. The van der Waals surface area contributed by atoms with Gasteiger partial charge in [0.2, 0.25) is 0 Å². The van der Waals surface area contributed by atoms with Crippen LogP contribution in [0.25, 0.3) is 11.3 Å². The van der Waals surface area contributed by atoms with Gasteiger partial charge in [0.15, 0.2) is 11.9 Å². The van der Waals surface area contributed by atoms with Gasteiger partial charge in [0.05, 0.1) is 12.2 Å². The number of carbonyl (C=O) groups is 2. The first kappa shape index (κ1) is 20.9. The van der Waals surface area contributed by atoms with Gasteiger partial charge in [0, 0.05) is 0 Å². The van der Waals surface area contributed by atoms with Gasteiger partial charge in [0.25, 0.3) is 5.91 Å². The van der Waals surface area contributed by atoms with Gasteiger partial charge in [-0.25, -0.2) is 4.39 Å². The van der Waals surface area contributed by atoms with Crippen LogP contribution in [0.15, 0.2) is 65.1 Å². The summed E-state index contributed by atoms with van der Waals surface area (Å²) in [6, 6.07) is 15.7. The third-order valence-electron chi connectivity index (χ3n) is 4.09. The molecule has 156 valence electrons. The Labute approximate surface area is 172 Å². The van der Waals surface area contributed by atoms with Crippen LogP contribution in [0.5, 0.6) is 11.5 Å². The number of nitrogens with one attached hydrogen (secondary N) is 2. The minimum Gasteiger partial charge on any atom is -0.494 e. The van der Waals surface area contributed by atoms with Gasteiger partial charge >= 0.3 is 5.91 Å². The maximum absolute atomic E-state index is 13.8. The predicted octanol–water partition coefficient (Wildman–Crippen LogP) is 3.71. The summed E-state index contributed by atoms with van der Waals surface area (Å²) >= 11 is 0. The Bertz CT molecular complexity index is 1020. The molecule has 0 fully saturated rings. The normalized spacial score (nSPS) is 11.4. The molecule has 1 atom stereocenters. The van der Waals surface area contributed by atoms with Crippen molar-refractivity contribution < 1.29 is 27.9 Å². The number of furan rings is 1. The fourth-order valence-electron chi connectivity index (χ4n) is 2.59. The summed E-state index contributed by atoms with van der Waals surface area (Å²) in [5.41, 5.74) is 4.75. The van der Waals surface area contributed by atoms with Crippen LogP contribution in [-0.2, 0) is 4.79 Å². The molecule has 30 heavy (non-hydrogen) atoms. The van der Waals surface area contributed by atoms with Crippen molar-refractivity contribution in [1.82, 2.24) is 10.9 Å². The summed E-state index contributed by atoms with van der Waals surface area (Å²) in [4.78, 5) is 24.4. The lowest BCUT2D eigenvalue weighted by atomic mass is 10.1. The minimum absolute atomic E-state index is 0.0753. The monoisotopic (exact) mass is 412 g/mol. The van der Waals surface area contributed by atoms with Crippen LogP contribution < -0.4 is 20.3 Å². The van der Waals surface area contributed by atoms with Crippen LogP contribution in [0.1, 0.15) is 24.4 Å². The molecule has 0 radical (unpaired) electrons. The molecule has 2 aromatic carbocycles. The average molecular weight is 412 g/mol. The number of rotatable bonds is 7. The molecule has 0 unspecified atom stereocenters. The van der Waals surface area contributed by atoms with Crippen molar-refractivity contribution in [2.24, 2.45) is 0 Å². The number of hydrazine groups is 1. The first-order valence-electron chi connectivity index (χ1n) is 9.32. The molecule has 2 N–H and O–H groups in total. The quantitative estimate of drug-likeness (QED) is 0.578.